The topological polar surface area (TPSA) is 231 Å². The summed E-state index contributed by atoms with van der Waals surface area (Å²) in [6.07, 6.45) is 118. The largest absolute Gasteiger partial charge is 0.472 e. The SMILES string of the molecule is CC/C=C\C/C=C\C/C=C\C/C=C\C/C=C\C/C=C\CCCCC(=O)OC(COC(=O)CCCCCCCCCCCCC/C=C\C/C=C\C/C=C\C/C=C\C/C=C\CC)COP(=O)(O)OCC(O)COP(=O)(O)OCC(O)COC(=O)CCCCCCCCCCCCCCCCCCC/C=C\C/C=C\C/C=C\C/C=C\CCCCC. The molecule has 0 aromatic heterocycles. The average Bonchev–Trinajstić information content (AvgIpc) is 0.954. The molecule has 5 atom stereocenters. The number of aliphatic hydroxyl groups excluding tert-OH is 2. The number of unbranched alkanes of at least 4 members (excludes halogenated alkanes) is 33. The van der Waals surface area contributed by atoms with Crippen molar-refractivity contribution < 1.29 is 75.8 Å². The first-order valence-electron chi connectivity index (χ1n) is 46.1. The molecule has 668 valence electrons. The van der Waals surface area contributed by atoms with Gasteiger partial charge in [-0.05, 0) is 161 Å². The van der Waals surface area contributed by atoms with Gasteiger partial charge in [0.25, 0.3) is 0 Å². The summed E-state index contributed by atoms with van der Waals surface area (Å²) in [5.41, 5.74) is 0. The van der Waals surface area contributed by atoms with E-state index in [1.807, 2.05) is 0 Å². The van der Waals surface area contributed by atoms with E-state index in [4.69, 9.17) is 32.3 Å². The number of allylic oxidation sites excluding steroid dienone is 30. The monoisotopic (exact) mass is 1670 g/mol. The molecular formula is C99H166O16P2. The number of ether oxygens (including phenoxy) is 3. The summed E-state index contributed by atoms with van der Waals surface area (Å²) in [4.78, 5) is 59.0. The van der Waals surface area contributed by atoms with Gasteiger partial charge < -0.3 is 34.2 Å². The lowest BCUT2D eigenvalue weighted by Crippen LogP contribution is -2.30. The maximum Gasteiger partial charge on any atom is 0.472 e. The van der Waals surface area contributed by atoms with Crippen LogP contribution in [0.2, 0.25) is 0 Å². The lowest BCUT2D eigenvalue weighted by molar-refractivity contribution is -0.161. The van der Waals surface area contributed by atoms with Gasteiger partial charge in [0.2, 0.25) is 0 Å². The quantitative estimate of drug-likeness (QED) is 0.0146. The van der Waals surface area contributed by atoms with Crippen molar-refractivity contribution in [2.75, 3.05) is 39.6 Å². The van der Waals surface area contributed by atoms with E-state index < -0.39 is 91.5 Å². The summed E-state index contributed by atoms with van der Waals surface area (Å²) >= 11 is 0. The Morgan fingerprint density at radius 1 is 0.248 bits per heavy atom. The Kier molecular flexibility index (Phi) is 85.8. The Morgan fingerprint density at radius 2 is 0.453 bits per heavy atom. The Hall–Kier alpha value is -5.35. The minimum absolute atomic E-state index is 0.0432. The number of rotatable bonds is 86. The summed E-state index contributed by atoms with van der Waals surface area (Å²) in [7, 11) is -9.83. The highest BCUT2D eigenvalue weighted by Gasteiger charge is 2.29. The molecule has 0 amide bonds. The van der Waals surface area contributed by atoms with Gasteiger partial charge in [-0.2, -0.15) is 0 Å². The van der Waals surface area contributed by atoms with Crippen molar-refractivity contribution in [3.63, 3.8) is 0 Å². The van der Waals surface area contributed by atoms with Crippen LogP contribution in [0.3, 0.4) is 0 Å². The van der Waals surface area contributed by atoms with Gasteiger partial charge in [-0.3, -0.25) is 32.5 Å². The van der Waals surface area contributed by atoms with Crippen molar-refractivity contribution >= 4 is 33.6 Å². The lowest BCUT2D eigenvalue weighted by Gasteiger charge is -2.21. The minimum atomic E-state index is -4.96. The third-order valence-corrected chi connectivity index (χ3v) is 21.0. The standard InChI is InChI=1S/C99H166O16P2/c1-4-7-10-13-16-19-22-25-28-31-34-37-39-41-43-44-45-46-47-48-50-52-53-56-58-61-64-67-70-73-76-79-82-85-97(102)109-88-94(100)89-111-116(105,106)112-90-95(101)91-113-117(107,108)114-93-96(115-99(104)87-84-81-78-75-72-69-66-63-60-55-36-33-30-27-24-21-18-15-12-9-6-3)92-110-98(103)86-83-80-77-74-71-68-65-62-59-57-54-51-49-42-40-38-35-32-29-26-23-20-17-14-11-8-5-2/h8-9,11-12,16-21,25-30,34-38,41-43,49,55,63,66,72,75,94-96,100-101H,4-7,10,13-15,22-24,31-33,39-40,44-48,50-54,56-62,64-65,67-71,73-74,76-93H2,1-3H3,(H,105,106)(H,107,108)/b11-8-,12-9-,19-16-,20-17-,21-18-,28-25-,29-26-,30-27-,37-34-,38-35-,43-41-,49-42-,55-36-,66-63-,75-72-. The molecule has 0 saturated carbocycles. The first kappa shape index (κ1) is 112. The molecule has 16 nitrogen and oxygen atoms in total. The van der Waals surface area contributed by atoms with E-state index in [0.29, 0.717) is 25.7 Å². The Balaban J connectivity index is 4.60. The van der Waals surface area contributed by atoms with Gasteiger partial charge in [-0.25, -0.2) is 9.13 Å². The van der Waals surface area contributed by atoms with Crippen molar-refractivity contribution in [1.29, 1.82) is 0 Å². The van der Waals surface area contributed by atoms with E-state index in [2.05, 4.69) is 203 Å². The van der Waals surface area contributed by atoms with Crippen molar-refractivity contribution in [1.82, 2.24) is 0 Å². The van der Waals surface area contributed by atoms with Gasteiger partial charge in [-0.1, -0.05) is 370 Å². The van der Waals surface area contributed by atoms with E-state index in [1.54, 1.807) is 0 Å². The maximum absolute atomic E-state index is 13.0. The Morgan fingerprint density at radius 3 is 0.735 bits per heavy atom. The maximum atomic E-state index is 13.0. The van der Waals surface area contributed by atoms with Gasteiger partial charge in [0.05, 0.1) is 26.4 Å². The van der Waals surface area contributed by atoms with E-state index in [-0.39, 0.29) is 19.3 Å². The zero-order valence-electron chi connectivity index (χ0n) is 73.6. The van der Waals surface area contributed by atoms with Crippen LogP contribution in [-0.4, -0.2) is 95.9 Å². The van der Waals surface area contributed by atoms with Crippen LogP contribution in [0.25, 0.3) is 0 Å². The number of esters is 3. The number of carbonyl (C=O) groups is 3. The molecule has 18 heteroatoms. The van der Waals surface area contributed by atoms with Crippen molar-refractivity contribution in [2.24, 2.45) is 0 Å². The molecule has 0 radical (unpaired) electrons. The van der Waals surface area contributed by atoms with Crippen LogP contribution in [0.1, 0.15) is 367 Å². The smallest absolute Gasteiger partial charge is 0.463 e. The summed E-state index contributed by atoms with van der Waals surface area (Å²) in [6.45, 7) is 2.40. The normalized spacial score (nSPS) is 14.6. The number of phosphoric acid groups is 2. The fourth-order valence-electron chi connectivity index (χ4n) is 12.2. The second kappa shape index (κ2) is 89.9. The van der Waals surface area contributed by atoms with E-state index in [0.717, 1.165) is 148 Å². The van der Waals surface area contributed by atoms with E-state index in [1.165, 1.54) is 154 Å². The average molecular weight is 1670 g/mol. The molecule has 117 heavy (non-hydrogen) atoms. The van der Waals surface area contributed by atoms with Crippen LogP contribution in [0.15, 0.2) is 182 Å². The van der Waals surface area contributed by atoms with Gasteiger partial charge >= 0.3 is 33.6 Å². The molecule has 0 rings (SSSR count). The fourth-order valence-corrected chi connectivity index (χ4v) is 13.8. The van der Waals surface area contributed by atoms with Crippen LogP contribution in [0.5, 0.6) is 0 Å². The third kappa shape index (κ3) is 91.2. The highest BCUT2D eigenvalue weighted by molar-refractivity contribution is 7.47. The zero-order chi connectivity index (χ0) is 85.1. The van der Waals surface area contributed by atoms with Crippen LogP contribution in [0.4, 0.5) is 0 Å². The predicted molar refractivity (Wildman–Crippen MR) is 491 cm³/mol. The molecular weight excluding hydrogens is 1510 g/mol. The van der Waals surface area contributed by atoms with Crippen molar-refractivity contribution in [3.8, 4) is 0 Å². The zero-order valence-corrected chi connectivity index (χ0v) is 75.4. The summed E-state index contributed by atoms with van der Waals surface area (Å²) in [5, 5.41) is 20.7. The minimum Gasteiger partial charge on any atom is -0.463 e. The molecule has 0 saturated heterocycles. The number of aliphatic hydroxyl groups is 2. The molecule has 0 fully saturated rings. The number of carbonyl (C=O) groups excluding carboxylic acids is 3. The van der Waals surface area contributed by atoms with E-state index in [9.17, 15) is 43.5 Å². The van der Waals surface area contributed by atoms with E-state index >= 15 is 0 Å². The molecule has 0 aliphatic carbocycles. The Bertz CT molecular complexity index is 2860. The van der Waals surface area contributed by atoms with Gasteiger partial charge in [-0.15, -0.1) is 0 Å². The van der Waals surface area contributed by atoms with Crippen LogP contribution in [-0.2, 0) is 55.8 Å². The summed E-state index contributed by atoms with van der Waals surface area (Å²) in [5.74, 6) is -1.63. The van der Waals surface area contributed by atoms with Crippen molar-refractivity contribution in [2.45, 2.75) is 386 Å². The first-order valence-corrected chi connectivity index (χ1v) is 49.1. The second-order valence-electron chi connectivity index (χ2n) is 30.3. The van der Waals surface area contributed by atoms with Crippen molar-refractivity contribution in [3.05, 3.63) is 182 Å². The van der Waals surface area contributed by atoms with Gasteiger partial charge in [0.15, 0.2) is 6.10 Å². The molecule has 4 N–H and O–H groups in total. The molecule has 0 heterocycles. The predicted octanol–water partition coefficient (Wildman–Crippen LogP) is 28.4. The third-order valence-electron chi connectivity index (χ3n) is 19.1. The first-order chi connectivity index (χ1) is 57.2. The molecule has 0 spiro atoms. The van der Waals surface area contributed by atoms with Crippen LogP contribution in [0, 0.1) is 0 Å². The highest BCUT2D eigenvalue weighted by atomic mass is 31.2. The molecule has 0 aliphatic rings. The number of hydrogen-bond acceptors (Lipinski definition) is 14. The van der Waals surface area contributed by atoms with Crippen LogP contribution < -0.4 is 0 Å². The fraction of sp³-hybridized carbons (Fsp3) is 0.667. The number of hydrogen-bond donors (Lipinski definition) is 4. The molecule has 5 unspecified atom stereocenters. The summed E-state index contributed by atoms with van der Waals surface area (Å²) < 4.78 is 61.4. The molecule has 0 aromatic rings. The lowest BCUT2D eigenvalue weighted by atomic mass is 10.0. The Labute approximate surface area is 713 Å². The molecule has 0 bridgehead atoms. The molecule has 0 aliphatic heterocycles. The second-order valence-corrected chi connectivity index (χ2v) is 33.2. The van der Waals surface area contributed by atoms with Gasteiger partial charge in [0, 0.05) is 19.3 Å². The summed E-state index contributed by atoms with van der Waals surface area (Å²) in [6, 6.07) is 0. The highest BCUT2D eigenvalue weighted by Crippen LogP contribution is 2.45. The number of phosphoric ester groups is 2. The molecule has 0 aromatic carbocycles. The van der Waals surface area contributed by atoms with Crippen LogP contribution >= 0.6 is 15.6 Å². The van der Waals surface area contributed by atoms with Gasteiger partial charge in [0.1, 0.15) is 25.4 Å².